The van der Waals surface area contributed by atoms with Gasteiger partial charge in [0, 0.05) is 35.3 Å². The van der Waals surface area contributed by atoms with Gasteiger partial charge < -0.3 is 19.8 Å². The van der Waals surface area contributed by atoms with E-state index in [4.69, 9.17) is 15.2 Å². The van der Waals surface area contributed by atoms with Crippen molar-refractivity contribution in [3.63, 3.8) is 0 Å². The molecule has 2 N–H and O–H groups in total. The monoisotopic (exact) mass is 504 g/mol. The summed E-state index contributed by atoms with van der Waals surface area (Å²) in [6.45, 7) is 0.760. The average molecular weight is 505 g/mol. The quantitative estimate of drug-likeness (QED) is 0.521. The zero-order valence-electron chi connectivity index (χ0n) is 16.2. The van der Waals surface area contributed by atoms with Gasteiger partial charge >= 0.3 is 0 Å². The molecular formula is C19H17BrN6O4S. The highest BCUT2D eigenvalue weighted by Crippen LogP contribution is 2.43. The molecule has 12 heteroatoms. The fourth-order valence-electron chi connectivity index (χ4n) is 3.54. The third-order valence-corrected chi connectivity index (χ3v) is 7.05. The summed E-state index contributed by atoms with van der Waals surface area (Å²) in [4.78, 5) is 39.6. The van der Waals surface area contributed by atoms with Gasteiger partial charge in [-0.25, -0.2) is 15.0 Å². The lowest BCUT2D eigenvalue weighted by Crippen LogP contribution is -2.41. The summed E-state index contributed by atoms with van der Waals surface area (Å²) in [7, 11) is 0. The molecule has 2 aromatic heterocycles. The van der Waals surface area contributed by atoms with Gasteiger partial charge in [-0.2, -0.15) is 0 Å². The van der Waals surface area contributed by atoms with Crippen LogP contribution in [-0.2, 0) is 16.1 Å². The van der Waals surface area contributed by atoms with Crippen molar-refractivity contribution in [3.05, 3.63) is 22.9 Å². The molecule has 2 aliphatic rings. The maximum Gasteiger partial charge on any atom is 0.231 e. The third-order valence-electron chi connectivity index (χ3n) is 5.08. The third kappa shape index (κ3) is 3.69. The van der Waals surface area contributed by atoms with Crippen molar-refractivity contribution in [2.24, 2.45) is 0 Å². The number of fused-ring (bicyclic) bond motifs is 2. The number of hydrogen-bond acceptors (Lipinski definition) is 9. The van der Waals surface area contributed by atoms with E-state index in [0.29, 0.717) is 53.6 Å². The number of piperidine rings is 1. The van der Waals surface area contributed by atoms with E-state index in [-0.39, 0.29) is 31.0 Å². The second-order valence-electron chi connectivity index (χ2n) is 7.01. The number of imidazole rings is 1. The van der Waals surface area contributed by atoms with Crippen LogP contribution in [0.2, 0.25) is 0 Å². The van der Waals surface area contributed by atoms with Gasteiger partial charge in [0.1, 0.15) is 6.33 Å². The summed E-state index contributed by atoms with van der Waals surface area (Å²) in [6.07, 6.45) is 2.75. The van der Waals surface area contributed by atoms with Crippen molar-refractivity contribution in [2.45, 2.75) is 35.9 Å². The van der Waals surface area contributed by atoms with Gasteiger partial charge in [0.05, 0.1) is 0 Å². The number of likely N-dealkylation sites (tertiary alicyclic amines) is 1. The number of rotatable bonds is 5. The van der Waals surface area contributed by atoms with Crippen LogP contribution in [0.1, 0.15) is 19.3 Å². The Morgan fingerprint density at radius 1 is 1.10 bits per heavy atom. The van der Waals surface area contributed by atoms with E-state index < -0.39 is 0 Å². The van der Waals surface area contributed by atoms with E-state index in [1.807, 2.05) is 16.7 Å². The largest absolute Gasteiger partial charge is 0.454 e. The molecule has 0 unspecified atom stereocenters. The lowest BCUT2D eigenvalue weighted by Gasteiger charge is -2.25. The molecule has 0 bridgehead atoms. The summed E-state index contributed by atoms with van der Waals surface area (Å²) in [6, 6.07) is 3.71. The summed E-state index contributed by atoms with van der Waals surface area (Å²) in [5.74, 6) is 1.28. The molecule has 5 rings (SSSR count). The Bertz CT molecular complexity index is 1200. The molecule has 10 nitrogen and oxygen atoms in total. The first-order valence-electron chi connectivity index (χ1n) is 9.58. The van der Waals surface area contributed by atoms with Crippen LogP contribution in [0.3, 0.4) is 0 Å². The number of halogens is 1. The van der Waals surface area contributed by atoms with Crippen molar-refractivity contribution in [1.29, 1.82) is 0 Å². The Balaban J connectivity index is 1.50. The first kappa shape index (κ1) is 20.1. The Kier molecular flexibility index (Phi) is 5.18. The normalized spacial score (nSPS) is 15.8. The molecule has 2 aliphatic heterocycles. The van der Waals surface area contributed by atoms with Gasteiger partial charge in [-0.05, 0) is 34.5 Å². The molecule has 3 aromatic rings. The highest BCUT2D eigenvalue weighted by molar-refractivity contribution is 9.10. The first-order chi connectivity index (χ1) is 15.0. The number of nitrogens with two attached hydrogens (primary N) is 1. The van der Waals surface area contributed by atoms with E-state index in [1.54, 1.807) is 0 Å². The molecule has 1 fully saturated rings. The molecule has 0 radical (unpaired) electrons. The molecule has 0 atom stereocenters. The summed E-state index contributed by atoms with van der Waals surface area (Å²) < 4.78 is 13.6. The number of anilines is 1. The molecule has 4 heterocycles. The SMILES string of the molecule is Nc1ncnc2c1nc(Sc1cc3c(cc1Br)OCO3)n2CCN1C(=O)CCCC1=O. The fraction of sp³-hybridized carbons (Fsp3) is 0.316. The predicted octanol–water partition coefficient (Wildman–Crippen LogP) is 2.59. The molecule has 1 aromatic carbocycles. The Labute approximate surface area is 189 Å². The minimum Gasteiger partial charge on any atom is -0.454 e. The highest BCUT2D eigenvalue weighted by atomic mass is 79.9. The second-order valence-corrected chi connectivity index (χ2v) is 8.87. The van der Waals surface area contributed by atoms with Crippen LogP contribution in [0.15, 0.2) is 33.0 Å². The minimum absolute atomic E-state index is 0.150. The van der Waals surface area contributed by atoms with Crippen LogP contribution in [0.25, 0.3) is 11.2 Å². The molecular weight excluding hydrogens is 488 g/mol. The summed E-state index contributed by atoms with van der Waals surface area (Å²) >= 11 is 4.95. The number of carbonyl (C=O) groups is 2. The maximum atomic E-state index is 12.2. The molecule has 0 aliphatic carbocycles. The van der Waals surface area contributed by atoms with Crippen LogP contribution in [0.5, 0.6) is 11.5 Å². The van der Waals surface area contributed by atoms with Gasteiger partial charge in [0.2, 0.25) is 18.6 Å². The molecule has 1 saturated heterocycles. The van der Waals surface area contributed by atoms with E-state index >= 15 is 0 Å². The van der Waals surface area contributed by atoms with E-state index in [0.717, 1.165) is 9.37 Å². The molecule has 0 spiro atoms. The summed E-state index contributed by atoms with van der Waals surface area (Å²) in [5, 5.41) is 0.610. The molecule has 0 saturated carbocycles. The zero-order chi connectivity index (χ0) is 21.5. The fourth-order valence-corrected chi connectivity index (χ4v) is 5.05. The number of aromatic nitrogens is 4. The van der Waals surface area contributed by atoms with E-state index in [9.17, 15) is 9.59 Å². The Morgan fingerprint density at radius 2 is 1.84 bits per heavy atom. The van der Waals surface area contributed by atoms with Crippen molar-refractivity contribution in [2.75, 3.05) is 19.1 Å². The maximum absolute atomic E-state index is 12.2. The number of nitrogens with zero attached hydrogens (tertiary/aromatic N) is 5. The lowest BCUT2D eigenvalue weighted by atomic mass is 10.1. The number of hydrogen-bond donors (Lipinski definition) is 1. The number of imide groups is 1. The summed E-state index contributed by atoms with van der Waals surface area (Å²) in [5.41, 5.74) is 7.03. The van der Waals surface area contributed by atoms with Gasteiger partial charge in [-0.3, -0.25) is 14.5 Å². The highest BCUT2D eigenvalue weighted by Gasteiger charge is 2.27. The number of benzene rings is 1. The van der Waals surface area contributed by atoms with Crippen molar-refractivity contribution in [1.82, 2.24) is 24.4 Å². The Hall–Kier alpha value is -2.86. The molecule has 160 valence electrons. The second kappa shape index (κ2) is 8.00. The van der Waals surface area contributed by atoms with Crippen molar-refractivity contribution < 1.29 is 19.1 Å². The number of amides is 2. The molecule has 31 heavy (non-hydrogen) atoms. The minimum atomic E-state index is -0.150. The van der Waals surface area contributed by atoms with Crippen molar-refractivity contribution in [3.8, 4) is 11.5 Å². The first-order valence-corrected chi connectivity index (χ1v) is 11.2. The van der Waals surface area contributed by atoms with Crippen LogP contribution in [0, 0.1) is 0 Å². The van der Waals surface area contributed by atoms with Gasteiger partial charge in [0.15, 0.2) is 33.6 Å². The van der Waals surface area contributed by atoms with Gasteiger partial charge in [0.25, 0.3) is 0 Å². The number of nitrogen functional groups attached to an aromatic ring is 1. The van der Waals surface area contributed by atoms with E-state index in [2.05, 4.69) is 30.9 Å². The van der Waals surface area contributed by atoms with Crippen LogP contribution in [0.4, 0.5) is 5.82 Å². The smallest absolute Gasteiger partial charge is 0.231 e. The van der Waals surface area contributed by atoms with Crippen LogP contribution < -0.4 is 15.2 Å². The van der Waals surface area contributed by atoms with Crippen LogP contribution >= 0.6 is 27.7 Å². The topological polar surface area (TPSA) is 125 Å². The Morgan fingerprint density at radius 3 is 2.61 bits per heavy atom. The number of ether oxygens (including phenoxy) is 2. The molecule has 2 amide bonds. The predicted molar refractivity (Wildman–Crippen MR) is 115 cm³/mol. The van der Waals surface area contributed by atoms with Crippen LogP contribution in [-0.4, -0.2) is 49.6 Å². The van der Waals surface area contributed by atoms with Crippen molar-refractivity contribution >= 4 is 56.5 Å². The standard InChI is InChI=1S/C19H17BrN6O4S/c20-10-6-11-12(30-9-29-11)7-13(10)31-19-24-16-17(21)22-8-23-18(16)26(19)5-4-25-14(27)2-1-3-15(25)28/h6-8H,1-5,9H2,(H2,21,22,23). The van der Waals surface area contributed by atoms with Gasteiger partial charge in [-0.1, -0.05) is 11.8 Å². The number of carbonyl (C=O) groups excluding carboxylic acids is 2. The van der Waals surface area contributed by atoms with E-state index in [1.165, 1.54) is 23.0 Å². The van der Waals surface area contributed by atoms with Gasteiger partial charge in [-0.15, -0.1) is 0 Å². The lowest BCUT2D eigenvalue weighted by molar-refractivity contribution is -0.148. The average Bonchev–Trinajstić information content (AvgIpc) is 3.33. The zero-order valence-corrected chi connectivity index (χ0v) is 18.6.